The van der Waals surface area contributed by atoms with Crippen molar-refractivity contribution in [3.8, 4) is 0 Å². The van der Waals surface area contributed by atoms with Crippen LogP contribution in [0.1, 0.15) is 23.7 Å². The lowest BCUT2D eigenvalue weighted by Gasteiger charge is -2.06. The van der Waals surface area contributed by atoms with Crippen LogP contribution in [0.15, 0.2) is 6.20 Å². The van der Waals surface area contributed by atoms with Crippen LogP contribution in [-0.2, 0) is 11.8 Å². The zero-order chi connectivity index (χ0) is 10.0. The lowest BCUT2D eigenvalue weighted by Crippen LogP contribution is -2.15. The predicted octanol–water partition coefficient (Wildman–Crippen LogP) is 0.203. The molecule has 0 spiro atoms. The molecule has 0 fully saturated rings. The number of aromatic nitrogens is 2. The van der Waals surface area contributed by atoms with E-state index in [-0.39, 0.29) is 6.42 Å². The van der Waals surface area contributed by atoms with Crippen LogP contribution in [0, 0.1) is 6.92 Å². The van der Waals surface area contributed by atoms with Crippen molar-refractivity contribution in [2.24, 2.45) is 12.8 Å². The van der Waals surface area contributed by atoms with Crippen LogP contribution in [-0.4, -0.2) is 20.9 Å². The standard InChI is InChI=1S/C8H13N3O2/c1-5-6(4-11(2)10-5)7(9)3-8(12)13/h4,7H,3,9H2,1-2H3,(H,12,13). The number of hydrogen-bond acceptors (Lipinski definition) is 3. The Morgan fingerprint density at radius 1 is 1.85 bits per heavy atom. The molecule has 0 bridgehead atoms. The van der Waals surface area contributed by atoms with Crippen molar-refractivity contribution in [3.05, 3.63) is 17.5 Å². The summed E-state index contributed by atoms with van der Waals surface area (Å²) in [4.78, 5) is 10.4. The SMILES string of the molecule is Cc1nn(C)cc1C(N)CC(=O)O. The van der Waals surface area contributed by atoms with Gasteiger partial charge in [-0.05, 0) is 6.92 Å². The van der Waals surface area contributed by atoms with Gasteiger partial charge in [-0.25, -0.2) is 0 Å². The van der Waals surface area contributed by atoms with Crippen molar-refractivity contribution in [2.45, 2.75) is 19.4 Å². The summed E-state index contributed by atoms with van der Waals surface area (Å²) in [5, 5.41) is 12.6. The van der Waals surface area contributed by atoms with Crippen molar-refractivity contribution in [3.63, 3.8) is 0 Å². The topological polar surface area (TPSA) is 81.1 Å². The van der Waals surface area contributed by atoms with Crippen LogP contribution in [0.4, 0.5) is 0 Å². The summed E-state index contributed by atoms with van der Waals surface area (Å²) < 4.78 is 1.63. The third-order valence-electron chi connectivity index (χ3n) is 1.85. The number of carboxylic acid groups (broad SMARTS) is 1. The Labute approximate surface area is 76.2 Å². The number of nitrogens with zero attached hydrogens (tertiary/aromatic N) is 2. The van der Waals surface area contributed by atoms with E-state index in [1.54, 1.807) is 17.9 Å². The van der Waals surface area contributed by atoms with E-state index in [2.05, 4.69) is 5.10 Å². The Hall–Kier alpha value is -1.36. The molecule has 0 amide bonds. The number of hydrogen-bond donors (Lipinski definition) is 2. The lowest BCUT2D eigenvalue weighted by molar-refractivity contribution is -0.137. The Kier molecular flexibility index (Phi) is 2.67. The van der Waals surface area contributed by atoms with Gasteiger partial charge in [0, 0.05) is 24.8 Å². The van der Waals surface area contributed by atoms with E-state index in [0.29, 0.717) is 0 Å². The van der Waals surface area contributed by atoms with E-state index in [0.717, 1.165) is 11.3 Å². The molecule has 0 saturated carbocycles. The molecule has 0 aliphatic heterocycles. The maximum Gasteiger partial charge on any atom is 0.305 e. The molecule has 1 unspecified atom stereocenters. The normalized spacial score (nSPS) is 12.8. The van der Waals surface area contributed by atoms with Gasteiger partial charge in [-0.1, -0.05) is 0 Å². The van der Waals surface area contributed by atoms with Gasteiger partial charge in [0.15, 0.2) is 0 Å². The van der Waals surface area contributed by atoms with Crippen LogP contribution in [0.3, 0.4) is 0 Å². The summed E-state index contributed by atoms with van der Waals surface area (Å²) in [6, 6.07) is -0.466. The average molecular weight is 183 g/mol. The van der Waals surface area contributed by atoms with E-state index >= 15 is 0 Å². The number of rotatable bonds is 3. The highest BCUT2D eigenvalue weighted by molar-refractivity contribution is 5.67. The summed E-state index contributed by atoms with van der Waals surface area (Å²) >= 11 is 0. The molecule has 3 N–H and O–H groups in total. The Bertz CT molecular complexity index is 319. The molecule has 5 nitrogen and oxygen atoms in total. The quantitative estimate of drug-likeness (QED) is 0.701. The first-order chi connectivity index (χ1) is 6.00. The van der Waals surface area contributed by atoms with Gasteiger partial charge >= 0.3 is 5.97 Å². The van der Waals surface area contributed by atoms with Crippen LogP contribution in [0.25, 0.3) is 0 Å². The molecule has 5 heteroatoms. The van der Waals surface area contributed by atoms with Gasteiger partial charge in [0.25, 0.3) is 0 Å². The first kappa shape index (κ1) is 9.73. The third kappa shape index (κ3) is 2.29. The first-order valence-electron chi connectivity index (χ1n) is 3.98. The van der Waals surface area contributed by atoms with E-state index in [1.807, 2.05) is 6.92 Å². The molecular formula is C8H13N3O2. The van der Waals surface area contributed by atoms with Gasteiger partial charge in [-0.3, -0.25) is 9.48 Å². The molecule has 0 aliphatic carbocycles. The Morgan fingerprint density at radius 3 is 2.85 bits per heavy atom. The summed E-state index contributed by atoms with van der Waals surface area (Å²) in [5.41, 5.74) is 7.26. The molecule has 1 atom stereocenters. The monoisotopic (exact) mass is 183 g/mol. The van der Waals surface area contributed by atoms with Crippen molar-refractivity contribution >= 4 is 5.97 Å². The van der Waals surface area contributed by atoms with E-state index in [1.165, 1.54) is 0 Å². The highest BCUT2D eigenvalue weighted by atomic mass is 16.4. The van der Waals surface area contributed by atoms with Gasteiger partial charge in [0.05, 0.1) is 12.1 Å². The second kappa shape index (κ2) is 3.57. The highest BCUT2D eigenvalue weighted by Gasteiger charge is 2.14. The van der Waals surface area contributed by atoms with Crippen LogP contribution in [0.5, 0.6) is 0 Å². The summed E-state index contributed by atoms with van der Waals surface area (Å²) in [6.07, 6.45) is 1.69. The van der Waals surface area contributed by atoms with Gasteiger partial charge in [0.1, 0.15) is 0 Å². The number of aryl methyl sites for hydroxylation is 2. The zero-order valence-corrected chi connectivity index (χ0v) is 7.69. The van der Waals surface area contributed by atoms with Crippen LogP contribution >= 0.6 is 0 Å². The minimum atomic E-state index is -0.893. The molecule has 1 rings (SSSR count). The average Bonchev–Trinajstić information content (AvgIpc) is 2.28. The van der Waals surface area contributed by atoms with Crippen LogP contribution < -0.4 is 5.73 Å². The summed E-state index contributed by atoms with van der Waals surface area (Å²) in [6.45, 7) is 1.82. The first-order valence-corrected chi connectivity index (χ1v) is 3.98. The fourth-order valence-electron chi connectivity index (χ4n) is 1.28. The number of aliphatic carboxylic acids is 1. The third-order valence-corrected chi connectivity index (χ3v) is 1.85. The fraction of sp³-hybridized carbons (Fsp3) is 0.500. The molecule has 0 aromatic carbocycles. The second-order valence-electron chi connectivity index (χ2n) is 3.05. The van der Waals surface area contributed by atoms with Gasteiger partial charge in [-0.2, -0.15) is 5.10 Å². The largest absolute Gasteiger partial charge is 0.481 e. The Balaban J connectivity index is 2.81. The van der Waals surface area contributed by atoms with Crippen molar-refractivity contribution in [2.75, 3.05) is 0 Å². The van der Waals surface area contributed by atoms with Crippen molar-refractivity contribution in [1.29, 1.82) is 0 Å². The molecule has 13 heavy (non-hydrogen) atoms. The molecule has 0 saturated heterocycles. The minimum Gasteiger partial charge on any atom is -0.481 e. The van der Waals surface area contributed by atoms with Crippen LogP contribution in [0.2, 0.25) is 0 Å². The van der Waals surface area contributed by atoms with Gasteiger partial charge in [0.2, 0.25) is 0 Å². The lowest BCUT2D eigenvalue weighted by atomic mass is 10.1. The van der Waals surface area contributed by atoms with E-state index in [9.17, 15) is 4.79 Å². The van der Waals surface area contributed by atoms with Crippen molar-refractivity contribution < 1.29 is 9.90 Å². The van der Waals surface area contributed by atoms with Gasteiger partial charge in [-0.15, -0.1) is 0 Å². The number of nitrogens with two attached hydrogens (primary N) is 1. The maximum absolute atomic E-state index is 10.4. The predicted molar refractivity (Wildman–Crippen MR) is 47.1 cm³/mol. The molecule has 1 aromatic rings. The zero-order valence-electron chi connectivity index (χ0n) is 7.69. The molecule has 72 valence electrons. The fourth-order valence-corrected chi connectivity index (χ4v) is 1.28. The molecular weight excluding hydrogens is 170 g/mol. The molecule has 1 aromatic heterocycles. The molecule has 0 radical (unpaired) electrons. The maximum atomic E-state index is 10.4. The smallest absolute Gasteiger partial charge is 0.305 e. The number of carboxylic acids is 1. The van der Waals surface area contributed by atoms with E-state index < -0.39 is 12.0 Å². The highest BCUT2D eigenvalue weighted by Crippen LogP contribution is 2.16. The van der Waals surface area contributed by atoms with Gasteiger partial charge < -0.3 is 10.8 Å². The summed E-state index contributed by atoms with van der Waals surface area (Å²) in [7, 11) is 1.78. The summed E-state index contributed by atoms with van der Waals surface area (Å²) in [5.74, 6) is -0.893. The molecule has 1 heterocycles. The Morgan fingerprint density at radius 2 is 2.46 bits per heavy atom. The van der Waals surface area contributed by atoms with Crippen molar-refractivity contribution in [1.82, 2.24) is 9.78 Å². The second-order valence-corrected chi connectivity index (χ2v) is 3.05. The minimum absolute atomic E-state index is 0.0630. The number of carbonyl (C=O) groups is 1. The molecule has 0 aliphatic rings. The van der Waals surface area contributed by atoms with E-state index in [4.69, 9.17) is 10.8 Å².